The second-order valence-corrected chi connectivity index (χ2v) is 11.6. The van der Waals surface area contributed by atoms with Crippen molar-refractivity contribution in [1.82, 2.24) is 9.38 Å². The number of aromatic nitrogens is 2. The Morgan fingerprint density at radius 2 is 1.57 bits per heavy atom. The number of pyridine rings is 1. The molecule has 3 N–H and O–H groups in total. The lowest BCUT2D eigenvalue weighted by molar-refractivity contribution is -0.432. The second kappa shape index (κ2) is 12.8. The summed E-state index contributed by atoms with van der Waals surface area (Å²) >= 11 is 0.760. The number of imidazole rings is 1. The van der Waals surface area contributed by atoms with Crippen LogP contribution in [0.4, 0.5) is 22.7 Å². The fourth-order valence-corrected chi connectivity index (χ4v) is 5.70. The summed E-state index contributed by atoms with van der Waals surface area (Å²) in [6, 6.07) is 28.0. The van der Waals surface area contributed by atoms with E-state index < -0.39 is 20.6 Å². The highest BCUT2D eigenvalue weighted by molar-refractivity contribution is 7.94. The largest absolute Gasteiger partial charge is 0.338 e. The van der Waals surface area contributed by atoms with E-state index in [9.17, 15) is 23.0 Å². The van der Waals surface area contributed by atoms with Crippen LogP contribution in [-0.2, 0) is 19.5 Å². The first kappa shape index (κ1) is 30.5. The summed E-state index contributed by atoms with van der Waals surface area (Å²) in [5.41, 5.74) is 1.59. The maximum Gasteiger partial charge on any atom is 0.296 e. The van der Waals surface area contributed by atoms with Crippen molar-refractivity contribution in [2.24, 2.45) is 20.5 Å². The molecule has 16 heteroatoms. The number of para-hydroxylation sites is 2. The van der Waals surface area contributed by atoms with E-state index >= 15 is 0 Å². The van der Waals surface area contributed by atoms with Gasteiger partial charge in [-0.3, -0.25) is 13.7 Å². The maximum absolute atomic E-state index is 14.0. The Kier molecular flexibility index (Phi) is 8.50. The van der Waals surface area contributed by atoms with Crippen molar-refractivity contribution in [3.05, 3.63) is 113 Å². The Morgan fingerprint density at radius 1 is 0.870 bits per heavy atom. The first-order valence-corrected chi connectivity index (χ1v) is 15.3. The molecule has 0 bridgehead atoms. The predicted molar refractivity (Wildman–Crippen MR) is 167 cm³/mol. The van der Waals surface area contributed by atoms with Crippen LogP contribution < -0.4 is 5.56 Å². The average Bonchev–Trinajstić information content (AvgIpc) is 3.46. The topological polar surface area (TPSA) is 204 Å². The minimum atomic E-state index is -4.84. The summed E-state index contributed by atoms with van der Waals surface area (Å²) in [6.07, 6.45) is 0. The van der Waals surface area contributed by atoms with Crippen LogP contribution in [0.15, 0.2) is 132 Å². The molecule has 0 fully saturated rings. The van der Waals surface area contributed by atoms with E-state index in [-0.39, 0.29) is 33.8 Å². The summed E-state index contributed by atoms with van der Waals surface area (Å²) < 4.78 is 40.5. The lowest BCUT2D eigenvalue weighted by atomic mass is 10.00. The highest BCUT2D eigenvalue weighted by atomic mass is 32.2. The Morgan fingerprint density at radius 3 is 2.28 bits per heavy atom. The molecule has 14 nitrogen and oxygen atoms in total. The number of nitriles is 1. The van der Waals surface area contributed by atoms with Crippen LogP contribution in [0.2, 0.25) is 0 Å². The van der Waals surface area contributed by atoms with Crippen molar-refractivity contribution in [2.75, 3.05) is 0 Å². The van der Waals surface area contributed by atoms with Gasteiger partial charge in [0.25, 0.3) is 15.7 Å². The molecule has 2 aromatic heterocycles. The normalized spacial score (nSPS) is 12.0. The summed E-state index contributed by atoms with van der Waals surface area (Å²) in [7, 11) is -4.84. The van der Waals surface area contributed by atoms with Gasteiger partial charge >= 0.3 is 0 Å². The molecule has 46 heavy (non-hydrogen) atoms. The van der Waals surface area contributed by atoms with Crippen molar-refractivity contribution < 1.29 is 27.6 Å². The number of H-pyrrole nitrogens is 1. The maximum atomic E-state index is 14.0. The smallest absolute Gasteiger partial charge is 0.296 e. The number of hydrogen-bond acceptors (Lipinski definition) is 12. The molecule has 4 aromatic carbocycles. The quantitative estimate of drug-likeness (QED) is 0.0456. The van der Waals surface area contributed by atoms with Gasteiger partial charge in [0.2, 0.25) is 0 Å². The van der Waals surface area contributed by atoms with E-state index in [0.29, 0.717) is 27.2 Å². The molecule has 0 amide bonds. The summed E-state index contributed by atoms with van der Waals surface area (Å²) in [4.78, 5) is 17.1. The van der Waals surface area contributed by atoms with Crippen LogP contribution in [0.25, 0.3) is 27.8 Å². The molecule has 0 unspecified atom stereocenters. The summed E-state index contributed by atoms with van der Waals surface area (Å²) in [5, 5.41) is 38.4. The highest BCUT2D eigenvalue weighted by Gasteiger charge is 2.23. The molecule has 0 atom stereocenters. The molecule has 0 aliphatic rings. The van der Waals surface area contributed by atoms with Crippen molar-refractivity contribution in [2.45, 2.75) is 9.79 Å². The third-order valence-electron chi connectivity index (χ3n) is 6.68. The van der Waals surface area contributed by atoms with Gasteiger partial charge in [0, 0.05) is 10.5 Å². The molecular weight excluding hydrogens is 635 g/mol. The molecule has 228 valence electrons. The summed E-state index contributed by atoms with van der Waals surface area (Å²) in [6.45, 7) is 0. The number of aromatic amines is 1. The molecule has 0 aliphatic heterocycles. The van der Waals surface area contributed by atoms with Crippen LogP contribution >= 0.6 is 12.0 Å². The molecule has 2 heterocycles. The number of hydrogen-bond donors (Lipinski definition) is 3. The first-order valence-electron chi connectivity index (χ1n) is 13.1. The zero-order chi connectivity index (χ0) is 32.3. The van der Waals surface area contributed by atoms with E-state index in [1.54, 1.807) is 78.9 Å². The Hall–Kier alpha value is -5.54. The monoisotopic (exact) mass is 653 g/mol. The average molecular weight is 654 g/mol. The Bertz CT molecular complexity index is 2370. The van der Waals surface area contributed by atoms with Gasteiger partial charge in [-0.15, -0.1) is 14.6 Å². The van der Waals surface area contributed by atoms with E-state index in [4.69, 9.17) is 5.26 Å². The Labute approximate surface area is 263 Å². The molecule has 6 aromatic rings. The first-order chi connectivity index (χ1) is 22.3. The van der Waals surface area contributed by atoms with Crippen molar-refractivity contribution in [3.63, 3.8) is 0 Å². The van der Waals surface area contributed by atoms with Crippen LogP contribution in [0, 0.1) is 11.3 Å². The number of rotatable bonds is 9. The van der Waals surface area contributed by atoms with Crippen molar-refractivity contribution >= 4 is 61.6 Å². The van der Waals surface area contributed by atoms with Crippen LogP contribution in [0.1, 0.15) is 5.56 Å². The molecule has 0 saturated carbocycles. The van der Waals surface area contributed by atoms with Gasteiger partial charge in [0.05, 0.1) is 34.5 Å². The van der Waals surface area contributed by atoms with Crippen molar-refractivity contribution in [3.8, 4) is 17.2 Å². The Balaban J connectivity index is 1.45. The molecule has 0 saturated heterocycles. The van der Waals surface area contributed by atoms with Crippen LogP contribution in [-0.4, -0.2) is 27.6 Å². The molecule has 0 radical (unpaired) electrons. The number of benzene rings is 4. The van der Waals surface area contributed by atoms with E-state index in [1.807, 2.05) is 0 Å². The van der Waals surface area contributed by atoms with Gasteiger partial charge in [-0.05, 0) is 60.2 Å². The zero-order valence-electron chi connectivity index (χ0n) is 23.2. The van der Waals surface area contributed by atoms with Gasteiger partial charge in [-0.1, -0.05) is 47.5 Å². The van der Waals surface area contributed by atoms with Gasteiger partial charge in [0.1, 0.15) is 27.9 Å². The standard InChI is InChI=1S/C30H19N7O7S2/c31-17-22-27(18-6-2-1-3-7-18)28(30(38)37-25-9-5-4-8-23(25)32-29(22)37)36-35-24-15-12-20(16-26(24)46(40,41)42)34-33-19-10-13-21(14-11-19)45-44-43-39/h1-16,32,39H,(H,40,41,42). The van der Waals surface area contributed by atoms with E-state index in [2.05, 4.69) is 40.9 Å². The third kappa shape index (κ3) is 6.05. The fourth-order valence-electron chi connectivity index (χ4n) is 4.70. The molecular formula is C30H19N7O7S2. The summed E-state index contributed by atoms with van der Waals surface area (Å²) in [5.74, 6) is 0. The minimum Gasteiger partial charge on any atom is -0.338 e. The van der Waals surface area contributed by atoms with Gasteiger partial charge < -0.3 is 4.98 Å². The SMILES string of the molecule is N#Cc1c(-c2ccccc2)c(N=Nc2ccc(N=Nc3ccc(SOOO)cc3)cc2S(=O)(=O)O)c(=O)n2c1[nH]c1ccccc12. The third-order valence-corrected chi connectivity index (χ3v) is 8.16. The van der Waals surface area contributed by atoms with Gasteiger partial charge in [0.15, 0.2) is 5.69 Å². The van der Waals surface area contributed by atoms with E-state index in [0.717, 1.165) is 18.1 Å². The lowest BCUT2D eigenvalue weighted by Gasteiger charge is -2.10. The van der Waals surface area contributed by atoms with E-state index in [1.165, 1.54) is 16.5 Å². The van der Waals surface area contributed by atoms with Crippen molar-refractivity contribution in [1.29, 1.82) is 5.26 Å². The molecule has 0 aliphatic carbocycles. The highest BCUT2D eigenvalue weighted by Crippen LogP contribution is 2.37. The number of azo groups is 2. The fraction of sp³-hybridized carbons (Fsp3) is 0. The van der Waals surface area contributed by atoms with Gasteiger partial charge in [-0.25, -0.2) is 5.26 Å². The zero-order valence-corrected chi connectivity index (χ0v) is 24.8. The number of fused-ring (bicyclic) bond motifs is 3. The van der Waals surface area contributed by atoms with Gasteiger partial charge in [-0.2, -0.15) is 23.9 Å². The van der Waals surface area contributed by atoms with Crippen LogP contribution in [0.3, 0.4) is 0 Å². The molecule has 0 spiro atoms. The number of nitrogens with one attached hydrogen (secondary N) is 1. The van der Waals surface area contributed by atoms with Crippen LogP contribution in [0.5, 0.6) is 0 Å². The molecule has 6 rings (SSSR count). The lowest BCUT2D eigenvalue weighted by Crippen LogP contribution is -2.14. The minimum absolute atomic E-state index is 0.0686. The number of nitrogens with zero attached hydrogens (tertiary/aromatic N) is 6. The predicted octanol–water partition coefficient (Wildman–Crippen LogP) is 7.83. The second-order valence-electron chi connectivity index (χ2n) is 9.45.